The molecule has 0 radical (unpaired) electrons. The second-order valence-corrected chi connectivity index (χ2v) is 4.96. The lowest BCUT2D eigenvalue weighted by molar-refractivity contribution is 0.0951. The topological polar surface area (TPSA) is 55.1 Å². The number of anilines is 1. The Labute approximate surface area is 103 Å². The zero-order valence-electron chi connectivity index (χ0n) is 11.1. The molecule has 94 valence electrons. The second kappa shape index (κ2) is 5.71. The van der Waals surface area contributed by atoms with Crippen molar-refractivity contribution >= 4 is 11.6 Å². The number of hydrogen-bond donors (Lipinski definition) is 2. The summed E-state index contributed by atoms with van der Waals surface area (Å²) in [7, 11) is 0. The highest BCUT2D eigenvalue weighted by Gasteiger charge is 2.10. The maximum atomic E-state index is 11.9. The maximum Gasteiger partial charge on any atom is 0.251 e. The van der Waals surface area contributed by atoms with Crippen molar-refractivity contribution in [2.45, 2.75) is 34.1 Å². The second-order valence-electron chi connectivity index (χ2n) is 4.96. The van der Waals surface area contributed by atoms with Gasteiger partial charge in [0, 0.05) is 17.8 Å². The summed E-state index contributed by atoms with van der Waals surface area (Å²) in [5.74, 6) is 0.564. The van der Waals surface area contributed by atoms with Gasteiger partial charge < -0.3 is 11.1 Å². The van der Waals surface area contributed by atoms with Crippen LogP contribution in [0, 0.1) is 19.8 Å². The van der Waals surface area contributed by atoms with E-state index in [-0.39, 0.29) is 5.91 Å². The Bertz CT molecular complexity index is 411. The van der Waals surface area contributed by atoms with Crippen LogP contribution >= 0.6 is 0 Å². The molecule has 0 saturated heterocycles. The minimum absolute atomic E-state index is 0.0325. The van der Waals surface area contributed by atoms with Crippen LogP contribution in [0.25, 0.3) is 0 Å². The molecule has 0 bridgehead atoms. The molecule has 0 unspecified atom stereocenters. The molecule has 1 aromatic rings. The van der Waals surface area contributed by atoms with Crippen LogP contribution in [0.2, 0.25) is 0 Å². The fraction of sp³-hybridized carbons (Fsp3) is 0.500. The number of hydrogen-bond acceptors (Lipinski definition) is 2. The van der Waals surface area contributed by atoms with Gasteiger partial charge in [0.1, 0.15) is 0 Å². The van der Waals surface area contributed by atoms with Crippen LogP contribution in [0.5, 0.6) is 0 Å². The molecule has 0 aliphatic heterocycles. The molecule has 0 aliphatic carbocycles. The Morgan fingerprint density at radius 3 is 2.53 bits per heavy atom. The summed E-state index contributed by atoms with van der Waals surface area (Å²) < 4.78 is 0. The van der Waals surface area contributed by atoms with E-state index < -0.39 is 0 Å². The lowest BCUT2D eigenvalue weighted by Gasteiger charge is -2.11. The van der Waals surface area contributed by atoms with Crippen molar-refractivity contribution in [3.05, 3.63) is 28.8 Å². The Morgan fingerprint density at radius 1 is 1.29 bits per heavy atom. The first kappa shape index (κ1) is 13.6. The molecule has 1 aromatic carbocycles. The van der Waals surface area contributed by atoms with Gasteiger partial charge >= 0.3 is 0 Å². The molecular formula is C14H22N2O. The molecule has 0 spiro atoms. The van der Waals surface area contributed by atoms with E-state index >= 15 is 0 Å². The molecule has 3 heteroatoms. The Morgan fingerprint density at radius 2 is 1.94 bits per heavy atom. The minimum Gasteiger partial charge on any atom is -0.398 e. The van der Waals surface area contributed by atoms with E-state index in [1.54, 1.807) is 6.07 Å². The fourth-order valence-corrected chi connectivity index (χ4v) is 1.68. The summed E-state index contributed by atoms with van der Waals surface area (Å²) >= 11 is 0. The van der Waals surface area contributed by atoms with E-state index in [4.69, 9.17) is 5.73 Å². The van der Waals surface area contributed by atoms with Gasteiger partial charge in [0.05, 0.1) is 0 Å². The van der Waals surface area contributed by atoms with Crippen molar-refractivity contribution in [3.63, 3.8) is 0 Å². The van der Waals surface area contributed by atoms with Crippen LogP contribution in [0.4, 0.5) is 5.69 Å². The summed E-state index contributed by atoms with van der Waals surface area (Å²) in [6.07, 6.45) is 0.992. The number of aryl methyl sites for hydroxylation is 2. The van der Waals surface area contributed by atoms with E-state index in [0.29, 0.717) is 23.7 Å². The van der Waals surface area contributed by atoms with Gasteiger partial charge in [-0.2, -0.15) is 0 Å². The highest BCUT2D eigenvalue weighted by Crippen LogP contribution is 2.17. The molecule has 0 fully saturated rings. The van der Waals surface area contributed by atoms with E-state index in [0.717, 1.165) is 17.5 Å². The number of carbonyl (C=O) groups is 1. The Hall–Kier alpha value is -1.51. The minimum atomic E-state index is -0.0325. The van der Waals surface area contributed by atoms with Gasteiger partial charge in [0.15, 0.2) is 0 Å². The Kier molecular flexibility index (Phi) is 4.55. The molecular weight excluding hydrogens is 212 g/mol. The summed E-state index contributed by atoms with van der Waals surface area (Å²) in [6, 6.07) is 3.71. The normalized spacial score (nSPS) is 10.6. The predicted molar refractivity (Wildman–Crippen MR) is 72.1 cm³/mol. The molecule has 0 aromatic heterocycles. The highest BCUT2D eigenvalue weighted by molar-refractivity contribution is 5.96. The number of nitrogens with one attached hydrogen (secondary N) is 1. The van der Waals surface area contributed by atoms with Gasteiger partial charge in [0.25, 0.3) is 5.91 Å². The van der Waals surface area contributed by atoms with Gasteiger partial charge in [-0.1, -0.05) is 19.9 Å². The molecule has 0 aliphatic rings. The standard InChI is InChI=1S/C14H22N2O/c1-9(2)5-6-16-14(17)12-8-13(15)11(4)7-10(12)3/h7-9H,5-6,15H2,1-4H3,(H,16,17). The molecule has 0 atom stereocenters. The molecule has 0 saturated carbocycles. The first-order valence-electron chi connectivity index (χ1n) is 6.06. The van der Waals surface area contributed by atoms with Crippen LogP contribution in [0.1, 0.15) is 41.8 Å². The summed E-state index contributed by atoms with van der Waals surface area (Å²) in [5, 5.41) is 2.92. The smallest absolute Gasteiger partial charge is 0.251 e. The molecule has 1 amide bonds. The number of rotatable bonds is 4. The monoisotopic (exact) mass is 234 g/mol. The number of carbonyl (C=O) groups excluding carboxylic acids is 1. The molecule has 3 nitrogen and oxygen atoms in total. The van der Waals surface area contributed by atoms with E-state index in [1.807, 2.05) is 19.9 Å². The zero-order chi connectivity index (χ0) is 13.0. The summed E-state index contributed by atoms with van der Waals surface area (Å²) in [4.78, 5) is 11.9. The number of benzene rings is 1. The summed E-state index contributed by atoms with van der Waals surface area (Å²) in [6.45, 7) is 8.87. The van der Waals surface area contributed by atoms with Crippen LogP contribution in [0.15, 0.2) is 12.1 Å². The third kappa shape index (κ3) is 3.77. The number of amides is 1. The van der Waals surface area contributed by atoms with Crippen LogP contribution in [0.3, 0.4) is 0 Å². The van der Waals surface area contributed by atoms with E-state index in [9.17, 15) is 4.79 Å². The Balaban J connectivity index is 2.72. The molecule has 3 N–H and O–H groups in total. The van der Waals surface area contributed by atoms with Crippen molar-refractivity contribution in [2.24, 2.45) is 5.92 Å². The third-order valence-electron chi connectivity index (χ3n) is 2.86. The predicted octanol–water partition coefficient (Wildman–Crippen LogP) is 2.66. The van der Waals surface area contributed by atoms with Gasteiger partial charge in [-0.05, 0) is 43.4 Å². The lowest BCUT2D eigenvalue weighted by Crippen LogP contribution is -2.26. The van der Waals surface area contributed by atoms with Crippen LogP contribution in [-0.4, -0.2) is 12.5 Å². The van der Waals surface area contributed by atoms with Crippen molar-refractivity contribution < 1.29 is 4.79 Å². The number of nitrogen functional groups attached to an aromatic ring is 1. The van der Waals surface area contributed by atoms with Gasteiger partial charge in [0.2, 0.25) is 0 Å². The zero-order valence-corrected chi connectivity index (χ0v) is 11.1. The van der Waals surface area contributed by atoms with Crippen LogP contribution in [-0.2, 0) is 0 Å². The van der Waals surface area contributed by atoms with Crippen molar-refractivity contribution in [3.8, 4) is 0 Å². The largest absolute Gasteiger partial charge is 0.398 e. The quantitative estimate of drug-likeness (QED) is 0.787. The first-order chi connectivity index (χ1) is 7.91. The van der Waals surface area contributed by atoms with Gasteiger partial charge in [-0.3, -0.25) is 4.79 Å². The average Bonchev–Trinajstić information content (AvgIpc) is 2.22. The fourth-order valence-electron chi connectivity index (χ4n) is 1.68. The van der Waals surface area contributed by atoms with Gasteiger partial charge in [-0.25, -0.2) is 0 Å². The molecule has 17 heavy (non-hydrogen) atoms. The van der Waals surface area contributed by atoms with Crippen LogP contribution < -0.4 is 11.1 Å². The highest BCUT2D eigenvalue weighted by atomic mass is 16.1. The van der Waals surface area contributed by atoms with E-state index in [2.05, 4.69) is 19.2 Å². The average molecular weight is 234 g/mol. The summed E-state index contributed by atoms with van der Waals surface area (Å²) in [5.41, 5.74) is 9.16. The molecule has 0 heterocycles. The SMILES string of the molecule is Cc1cc(C)c(C(=O)NCCC(C)C)cc1N. The maximum absolute atomic E-state index is 11.9. The number of nitrogens with two attached hydrogens (primary N) is 1. The van der Waals surface area contributed by atoms with Crippen molar-refractivity contribution in [1.29, 1.82) is 0 Å². The first-order valence-corrected chi connectivity index (χ1v) is 6.06. The lowest BCUT2D eigenvalue weighted by atomic mass is 10.0. The van der Waals surface area contributed by atoms with Crippen molar-refractivity contribution in [2.75, 3.05) is 12.3 Å². The van der Waals surface area contributed by atoms with E-state index in [1.165, 1.54) is 0 Å². The van der Waals surface area contributed by atoms with Gasteiger partial charge in [-0.15, -0.1) is 0 Å². The molecule has 1 rings (SSSR count). The third-order valence-corrected chi connectivity index (χ3v) is 2.86. The van der Waals surface area contributed by atoms with Crippen molar-refractivity contribution in [1.82, 2.24) is 5.32 Å².